The van der Waals surface area contributed by atoms with Crippen LogP contribution in [-0.4, -0.2) is 21.6 Å². The van der Waals surface area contributed by atoms with Gasteiger partial charge in [-0.2, -0.15) is 0 Å². The second-order valence-corrected chi connectivity index (χ2v) is 3.86. The highest BCUT2D eigenvalue weighted by atomic mass is 35.5. The molecule has 0 aliphatic heterocycles. The van der Waals surface area contributed by atoms with E-state index in [0.29, 0.717) is 23.9 Å². The summed E-state index contributed by atoms with van der Waals surface area (Å²) in [6.45, 7) is 2.45. The Morgan fingerprint density at radius 3 is 2.89 bits per heavy atom. The molecule has 0 bridgehead atoms. The van der Waals surface area contributed by atoms with Crippen molar-refractivity contribution in [2.45, 2.75) is 6.92 Å². The number of halogens is 1. The topological polar surface area (TPSA) is 73.9 Å². The molecule has 0 aromatic carbocycles. The van der Waals surface area contributed by atoms with Crippen molar-refractivity contribution in [2.75, 3.05) is 12.3 Å². The molecule has 0 aliphatic rings. The van der Waals surface area contributed by atoms with Crippen molar-refractivity contribution in [3.05, 3.63) is 40.9 Å². The number of anilines is 1. The molecule has 0 spiro atoms. The molecule has 2 N–H and O–H groups in total. The summed E-state index contributed by atoms with van der Waals surface area (Å²) in [6, 6.07) is 5.36. The zero-order valence-electron chi connectivity index (χ0n) is 10.2. The zero-order valence-corrected chi connectivity index (χ0v) is 11.0. The van der Waals surface area contributed by atoms with Crippen LogP contribution in [0.25, 0.3) is 0 Å². The molecule has 0 aliphatic carbocycles. The lowest BCUT2D eigenvalue weighted by atomic mass is 10.3. The van der Waals surface area contributed by atoms with Gasteiger partial charge in [-0.1, -0.05) is 17.7 Å². The Labute approximate surface area is 115 Å². The van der Waals surface area contributed by atoms with Gasteiger partial charge in [-0.15, -0.1) is 0 Å². The minimum absolute atomic E-state index is 0.195. The molecule has 0 saturated heterocycles. The number of pyridine rings is 1. The Balaban J connectivity index is 2.26. The third-order valence-corrected chi connectivity index (χ3v) is 2.28. The average molecular weight is 275 g/mol. The van der Waals surface area contributed by atoms with Gasteiger partial charge >= 0.3 is 0 Å². The van der Waals surface area contributed by atoms with Gasteiger partial charge in [-0.05, 0) is 24.8 Å². The molecule has 0 saturated carbocycles. The van der Waals surface area contributed by atoms with Crippen LogP contribution < -0.4 is 10.5 Å². The molecule has 2 aromatic rings. The number of hydrogen-bond acceptors (Lipinski definition) is 5. The summed E-state index contributed by atoms with van der Waals surface area (Å²) < 4.78 is 5.29. The molecule has 0 atom stereocenters. The van der Waals surface area contributed by atoms with Gasteiger partial charge in [0.2, 0.25) is 5.88 Å². The minimum Gasteiger partial charge on any atom is -0.478 e. The first-order valence-corrected chi connectivity index (χ1v) is 5.96. The number of aromatic nitrogens is 3. The van der Waals surface area contributed by atoms with Gasteiger partial charge in [0, 0.05) is 6.07 Å². The first-order valence-electron chi connectivity index (χ1n) is 5.59. The monoisotopic (exact) mass is 274 g/mol. The molecule has 96 valence electrons. The Morgan fingerprint density at radius 2 is 2.16 bits per heavy atom. The molecule has 0 unspecified atom stereocenters. The fraction of sp³-hybridized carbons (Fsp3) is 0.154. The lowest BCUT2D eigenvalue weighted by Gasteiger charge is -2.00. The van der Waals surface area contributed by atoms with E-state index in [2.05, 4.69) is 26.8 Å². The lowest BCUT2D eigenvalue weighted by molar-refractivity contribution is 0.326. The number of nitrogens with two attached hydrogens (primary N) is 1. The Hall–Kier alpha value is -2.32. The van der Waals surface area contributed by atoms with Crippen LogP contribution in [0, 0.1) is 11.8 Å². The molecule has 6 heteroatoms. The van der Waals surface area contributed by atoms with Crippen LogP contribution in [0.1, 0.15) is 18.3 Å². The maximum absolute atomic E-state index is 5.66. The Bertz CT molecular complexity index is 649. The molecule has 5 nitrogen and oxygen atoms in total. The van der Waals surface area contributed by atoms with Gasteiger partial charge in [-0.3, -0.25) is 0 Å². The van der Waals surface area contributed by atoms with Gasteiger partial charge in [0.25, 0.3) is 0 Å². The highest BCUT2D eigenvalue weighted by molar-refractivity contribution is 6.29. The van der Waals surface area contributed by atoms with Gasteiger partial charge in [0.1, 0.15) is 10.8 Å². The average Bonchev–Trinajstić information content (AvgIpc) is 2.38. The standard InChI is InChI=1S/C13H11ClN4O/c1-2-19-12-5-3-4-9(17-12)6-7-10-13(15)18-11(14)8-16-10/h3-5,8H,2H2,1H3,(H2,15,18). The van der Waals surface area contributed by atoms with E-state index in [0.717, 1.165) is 0 Å². The molecular formula is C13H11ClN4O. The largest absolute Gasteiger partial charge is 0.478 e. The van der Waals surface area contributed by atoms with Crippen LogP contribution >= 0.6 is 11.6 Å². The number of ether oxygens (including phenoxy) is 1. The van der Waals surface area contributed by atoms with E-state index in [1.165, 1.54) is 6.20 Å². The first kappa shape index (κ1) is 13.1. The summed E-state index contributed by atoms with van der Waals surface area (Å²) in [5, 5.41) is 0.236. The summed E-state index contributed by atoms with van der Waals surface area (Å²) in [4.78, 5) is 12.1. The zero-order chi connectivity index (χ0) is 13.7. The van der Waals surface area contributed by atoms with Crippen molar-refractivity contribution in [3.63, 3.8) is 0 Å². The predicted octanol–water partition coefficient (Wildman–Crippen LogP) is 1.91. The van der Waals surface area contributed by atoms with Crippen LogP contribution in [0.15, 0.2) is 24.4 Å². The molecule has 2 heterocycles. The molecular weight excluding hydrogens is 264 g/mol. The maximum atomic E-state index is 5.66. The normalized spacial score (nSPS) is 9.58. The van der Waals surface area contributed by atoms with E-state index < -0.39 is 0 Å². The number of hydrogen-bond donors (Lipinski definition) is 1. The van der Waals surface area contributed by atoms with Crippen molar-refractivity contribution < 1.29 is 4.74 Å². The number of nitrogen functional groups attached to an aromatic ring is 1. The van der Waals surface area contributed by atoms with Crippen molar-refractivity contribution in [2.24, 2.45) is 0 Å². The SMILES string of the molecule is CCOc1cccc(C#Cc2ncc(Cl)nc2N)n1. The summed E-state index contributed by atoms with van der Waals surface area (Å²) in [7, 11) is 0. The predicted molar refractivity (Wildman–Crippen MR) is 72.8 cm³/mol. The van der Waals surface area contributed by atoms with E-state index in [4.69, 9.17) is 22.1 Å². The first-order chi connectivity index (χ1) is 9.19. The quantitative estimate of drug-likeness (QED) is 0.847. The summed E-state index contributed by atoms with van der Waals surface area (Å²) in [5.74, 6) is 6.38. The Kier molecular flexibility index (Phi) is 4.16. The summed E-state index contributed by atoms with van der Waals surface area (Å²) in [6.07, 6.45) is 1.39. The fourth-order valence-electron chi connectivity index (χ4n) is 1.31. The van der Waals surface area contributed by atoms with Gasteiger partial charge in [-0.25, -0.2) is 15.0 Å². The molecule has 0 amide bonds. The molecule has 0 fully saturated rings. The van der Waals surface area contributed by atoms with E-state index in [1.807, 2.05) is 13.0 Å². The van der Waals surface area contributed by atoms with Crippen molar-refractivity contribution in [1.82, 2.24) is 15.0 Å². The van der Waals surface area contributed by atoms with E-state index in [1.54, 1.807) is 12.1 Å². The van der Waals surface area contributed by atoms with Crippen molar-refractivity contribution in [3.8, 4) is 17.7 Å². The van der Waals surface area contributed by atoms with Gasteiger partial charge < -0.3 is 10.5 Å². The number of nitrogens with zero attached hydrogens (tertiary/aromatic N) is 3. The van der Waals surface area contributed by atoms with E-state index in [9.17, 15) is 0 Å². The molecule has 0 radical (unpaired) electrons. The Morgan fingerprint density at radius 1 is 1.32 bits per heavy atom. The molecule has 2 rings (SSSR count). The fourth-order valence-corrected chi connectivity index (χ4v) is 1.45. The second kappa shape index (κ2) is 6.03. The smallest absolute Gasteiger partial charge is 0.214 e. The third-order valence-electron chi connectivity index (χ3n) is 2.09. The number of rotatable bonds is 2. The van der Waals surface area contributed by atoms with E-state index in [-0.39, 0.29) is 11.0 Å². The van der Waals surface area contributed by atoms with Crippen LogP contribution in [-0.2, 0) is 0 Å². The second-order valence-electron chi connectivity index (χ2n) is 3.47. The van der Waals surface area contributed by atoms with E-state index >= 15 is 0 Å². The third kappa shape index (κ3) is 3.57. The lowest BCUT2D eigenvalue weighted by Crippen LogP contribution is -1.98. The minimum atomic E-state index is 0.195. The van der Waals surface area contributed by atoms with Gasteiger partial charge in [0.15, 0.2) is 11.5 Å². The summed E-state index contributed by atoms with van der Waals surface area (Å²) >= 11 is 5.66. The highest BCUT2D eigenvalue weighted by Crippen LogP contribution is 2.09. The van der Waals surface area contributed by atoms with Gasteiger partial charge in [0.05, 0.1) is 12.8 Å². The van der Waals surface area contributed by atoms with Crippen LogP contribution in [0.2, 0.25) is 5.15 Å². The van der Waals surface area contributed by atoms with Crippen LogP contribution in [0.3, 0.4) is 0 Å². The maximum Gasteiger partial charge on any atom is 0.214 e. The molecule has 19 heavy (non-hydrogen) atoms. The van der Waals surface area contributed by atoms with Crippen molar-refractivity contribution in [1.29, 1.82) is 0 Å². The molecule has 2 aromatic heterocycles. The van der Waals surface area contributed by atoms with Crippen molar-refractivity contribution >= 4 is 17.4 Å². The van der Waals surface area contributed by atoms with Crippen LogP contribution in [0.5, 0.6) is 5.88 Å². The van der Waals surface area contributed by atoms with Crippen LogP contribution in [0.4, 0.5) is 5.82 Å². The highest BCUT2D eigenvalue weighted by Gasteiger charge is 2.00. The summed E-state index contributed by atoms with van der Waals surface area (Å²) in [5.41, 5.74) is 6.60.